The molecule has 0 aliphatic carbocycles. The van der Waals surface area contributed by atoms with E-state index in [9.17, 15) is 9.59 Å². The zero-order valence-corrected chi connectivity index (χ0v) is 14.2. The number of anilines is 1. The standard InChI is InChI=1S/C17H17N3O3S/c1-3-23-15(21)9-12-10-24-17(18-12)19-16(22)14-8-11-6-4-5-7-13(11)20(14)2/h4-8,10H,3,9H2,1-2H3,(H,18,19,22). The van der Waals surface area contributed by atoms with E-state index in [1.54, 1.807) is 12.3 Å². The van der Waals surface area contributed by atoms with Gasteiger partial charge in [-0.05, 0) is 19.1 Å². The third kappa shape index (κ3) is 3.30. The van der Waals surface area contributed by atoms with Gasteiger partial charge in [-0.1, -0.05) is 18.2 Å². The van der Waals surface area contributed by atoms with E-state index < -0.39 is 0 Å². The molecule has 0 bridgehead atoms. The molecule has 2 heterocycles. The summed E-state index contributed by atoms with van der Waals surface area (Å²) in [6.45, 7) is 2.10. The molecule has 0 saturated carbocycles. The lowest BCUT2D eigenvalue weighted by Crippen LogP contribution is -2.15. The quantitative estimate of drug-likeness (QED) is 0.723. The molecular formula is C17H17N3O3S. The molecule has 1 amide bonds. The topological polar surface area (TPSA) is 73.2 Å². The predicted octanol–water partition coefficient (Wildman–Crippen LogP) is 2.99. The van der Waals surface area contributed by atoms with Crippen LogP contribution in [0.25, 0.3) is 10.9 Å². The molecule has 0 aliphatic heterocycles. The first-order chi connectivity index (χ1) is 11.6. The third-order valence-corrected chi connectivity index (χ3v) is 4.39. The summed E-state index contributed by atoms with van der Waals surface area (Å²) in [5.41, 5.74) is 2.13. The van der Waals surface area contributed by atoms with E-state index >= 15 is 0 Å². The van der Waals surface area contributed by atoms with Crippen molar-refractivity contribution in [3.63, 3.8) is 0 Å². The molecule has 0 radical (unpaired) electrons. The second-order valence-electron chi connectivity index (χ2n) is 5.23. The largest absolute Gasteiger partial charge is 0.466 e. The zero-order valence-electron chi connectivity index (χ0n) is 13.4. The molecule has 0 atom stereocenters. The van der Waals surface area contributed by atoms with Gasteiger partial charge in [0.15, 0.2) is 5.13 Å². The van der Waals surface area contributed by atoms with Crippen LogP contribution in [-0.4, -0.2) is 28.0 Å². The number of esters is 1. The fraction of sp³-hybridized carbons (Fsp3) is 0.235. The molecule has 0 saturated heterocycles. The van der Waals surface area contributed by atoms with Gasteiger partial charge < -0.3 is 9.30 Å². The SMILES string of the molecule is CCOC(=O)Cc1csc(NC(=O)c2cc3ccccc3n2C)n1. The molecular weight excluding hydrogens is 326 g/mol. The Morgan fingerprint density at radius 2 is 2.12 bits per heavy atom. The Hall–Kier alpha value is -2.67. The Morgan fingerprint density at radius 1 is 1.33 bits per heavy atom. The number of amides is 1. The molecule has 0 aliphatic rings. The van der Waals surface area contributed by atoms with Gasteiger partial charge in [0.05, 0.1) is 18.7 Å². The number of aromatic nitrogens is 2. The van der Waals surface area contributed by atoms with Gasteiger partial charge >= 0.3 is 5.97 Å². The van der Waals surface area contributed by atoms with Crippen LogP contribution in [0.15, 0.2) is 35.7 Å². The van der Waals surface area contributed by atoms with Crippen molar-refractivity contribution in [3.8, 4) is 0 Å². The van der Waals surface area contributed by atoms with Crippen molar-refractivity contribution in [3.05, 3.63) is 47.1 Å². The molecule has 6 nitrogen and oxygen atoms in total. The van der Waals surface area contributed by atoms with E-state index in [2.05, 4.69) is 10.3 Å². The van der Waals surface area contributed by atoms with E-state index in [0.717, 1.165) is 10.9 Å². The maximum atomic E-state index is 12.5. The number of carbonyl (C=O) groups excluding carboxylic acids is 2. The highest BCUT2D eigenvalue weighted by Crippen LogP contribution is 2.21. The van der Waals surface area contributed by atoms with E-state index in [1.165, 1.54) is 11.3 Å². The second kappa shape index (κ2) is 6.84. The zero-order chi connectivity index (χ0) is 17.1. The van der Waals surface area contributed by atoms with Crippen molar-refractivity contribution in [2.75, 3.05) is 11.9 Å². The fourth-order valence-corrected chi connectivity index (χ4v) is 3.18. The Bertz CT molecular complexity index is 898. The number of aryl methyl sites for hydroxylation is 1. The van der Waals surface area contributed by atoms with Gasteiger partial charge in [0.25, 0.3) is 5.91 Å². The van der Waals surface area contributed by atoms with Crippen LogP contribution in [0.5, 0.6) is 0 Å². The molecule has 0 unspecified atom stereocenters. The molecule has 7 heteroatoms. The lowest BCUT2D eigenvalue weighted by Gasteiger charge is -2.04. The maximum absolute atomic E-state index is 12.5. The van der Waals surface area contributed by atoms with Crippen LogP contribution in [-0.2, 0) is 23.0 Å². The molecule has 24 heavy (non-hydrogen) atoms. The summed E-state index contributed by atoms with van der Waals surface area (Å²) in [5.74, 6) is -0.555. The van der Waals surface area contributed by atoms with Gasteiger partial charge in [-0.2, -0.15) is 0 Å². The fourth-order valence-electron chi connectivity index (χ4n) is 2.47. The van der Waals surface area contributed by atoms with E-state index in [-0.39, 0.29) is 18.3 Å². The molecule has 3 rings (SSSR count). The Kier molecular flexibility index (Phi) is 4.61. The number of carbonyl (C=O) groups is 2. The van der Waals surface area contributed by atoms with Crippen LogP contribution < -0.4 is 5.32 Å². The van der Waals surface area contributed by atoms with E-state index in [0.29, 0.717) is 23.1 Å². The Balaban J connectivity index is 1.73. The van der Waals surface area contributed by atoms with Crippen LogP contribution in [0.1, 0.15) is 23.1 Å². The molecule has 3 aromatic rings. The van der Waals surface area contributed by atoms with Gasteiger partial charge in [0, 0.05) is 23.3 Å². The minimum Gasteiger partial charge on any atom is -0.466 e. The highest BCUT2D eigenvalue weighted by molar-refractivity contribution is 7.14. The highest BCUT2D eigenvalue weighted by atomic mass is 32.1. The minimum atomic E-state index is -0.325. The summed E-state index contributed by atoms with van der Waals surface area (Å²) >= 11 is 1.29. The van der Waals surface area contributed by atoms with Crippen molar-refractivity contribution in [2.24, 2.45) is 7.05 Å². The van der Waals surface area contributed by atoms with E-state index in [4.69, 9.17) is 4.74 Å². The van der Waals surface area contributed by atoms with Gasteiger partial charge in [0.1, 0.15) is 5.69 Å². The number of hydrogen-bond acceptors (Lipinski definition) is 5. The predicted molar refractivity (Wildman–Crippen MR) is 93.3 cm³/mol. The van der Waals surface area contributed by atoms with E-state index in [1.807, 2.05) is 41.9 Å². The van der Waals surface area contributed by atoms with Gasteiger partial charge in [-0.3, -0.25) is 14.9 Å². The summed E-state index contributed by atoms with van der Waals surface area (Å²) in [4.78, 5) is 28.2. The second-order valence-corrected chi connectivity index (χ2v) is 6.09. The average Bonchev–Trinajstić information content (AvgIpc) is 3.12. The summed E-state index contributed by atoms with van der Waals surface area (Å²) < 4.78 is 6.73. The maximum Gasteiger partial charge on any atom is 0.311 e. The first-order valence-corrected chi connectivity index (χ1v) is 8.42. The number of nitrogens with one attached hydrogen (secondary N) is 1. The lowest BCUT2D eigenvalue weighted by molar-refractivity contribution is -0.142. The molecule has 0 fully saturated rings. The van der Waals surface area contributed by atoms with Crippen LogP contribution >= 0.6 is 11.3 Å². The highest BCUT2D eigenvalue weighted by Gasteiger charge is 2.15. The van der Waals surface area contributed by atoms with Gasteiger partial charge in [-0.15, -0.1) is 11.3 Å². The number of thiazole rings is 1. The van der Waals surface area contributed by atoms with Crippen molar-refractivity contribution in [2.45, 2.75) is 13.3 Å². The van der Waals surface area contributed by atoms with Crippen LogP contribution in [0.3, 0.4) is 0 Å². The summed E-state index contributed by atoms with van der Waals surface area (Å²) in [6, 6.07) is 9.65. The van der Waals surface area contributed by atoms with Crippen molar-refractivity contribution in [1.29, 1.82) is 0 Å². The molecule has 2 aromatic heterocycles. The molecule has 1 N–H and O–H groups in total. The number of benzene rings is 1. The Labute approximate surface area is 143 Å². The first-order valence-electron chi connectivity index (χ1n) is 7.54. The van der Waals surface area contributed by atoms with Crippen LogP contribution in [0, 0.1) is 0 Å². The third-order valence-electron chi connectivity index (χ3n) is 3.59. The van der Waals surface area contributed by atoms with Crippen molar-refractivity contribution < 1.29 is 14.3 Å². The first kappa shape index (κ1) is 16.2. The Morgan fingerprint density at radius 3 is 2.88 bits per heavy atom. The minimum absolute atomic E-state index is 0.105. The van der Waals surface area contributed by atoms with Gasteiger partial charge in [0.2, 0.25) is 0 Å². The van der Waals surface area contributed by atoms with Crippen molar-refractivity contribution in [1.82, 2.24) is 9.55 Å². The normalized spacial score (nSPS) is 10.8. The van der Waals surface area contributed by atoms with Crippen LogP contribution in [0.2, 0.25) is 0 Å². The molecule has 1 aromatic carbocycles. The van der Waals surface area contributed by atoms with Gasteiger partial charge in [-0.25, -0.2) is 4.98 Å². The number of rotatable bonds is 5. The summed E-state index contributed by atoms with van der Waals surface area (Å²) in [7, 11) is 1.85. The van der Waals surface area contributed by atoms with Crippen LogP contribution in [0.4, 0.5) is 5.13 Å². The average molecular weight is 343 g/mol. The number of para-hydroxylation sites is 1. The summed E-state index contributed by atoms with van der Waals surface area (Å²) in [5, 5.41) is 5.99. The number of hydrogen-bond donors (Lipinski definition) is 1. The van der Waals surface area contributed by atoms with Crippen molar-refractivity contribution >= 4 is 39.2 Å². The molecule has 0 spiro atoms. The number of fused-ring (bicyclic) bond motifs is 1. The summed E-state index contributed by atoms with van der Waals surface area (Å²) in [6.07, 6.45) is 0.105. The monoisotopic (exact) mass is 343 g/mol. The lowest BCUT2D eigenvalue weighted by atomic mass is 10.2. The molecule has 124 valence electrons. The number of ether oxygens (including phenoxy) is 1. The number of nitrogens with zero attached hydrogens (tertiary/aromatic N) is 2. The smallest absolute Gasteiger partial charge is 0.311 e.